The van der Waals surface area contributed by atoms with Crippen molar-refractivity contribution in [3.8, 4) is 5.75 Å². The second-order valence-electron chi connectivity index (χ2n) is 8.23. The third kappa shape index (κ3) is 5.56. The largest absolute Gasteiger partial charge is 0.503 e. The van der Waals surface area contributed by atoms with Crippen LogP contribution in [0.4, 0.5) is 0 Å². The highest BCUT2D eigenvalue weighted by atomic mass is 16.5. The Morgan fingerprint density at radius 3 is 2.41 bits per heavy atom. The molecule has 32 heavy (non-hydrogen) atoms. The van der Waals surface area contributed by atoms with Gasteiger partial charge in [0.15, 0.2) is 11.5 Å². The molecule has 170 valence electrons. The second kappa shape index (κ2) is 11.0. The van der Waals surface area contributed by atoms with Gasteiger partial charge in [-0.2, -0.15) is 0 Å². The normalized spacial score (nSPS) is 16.2. The predicted octanol–water partition coefficient (Wildman–Crippen LogP) is 3.93. The molecule has 2 aromatic rings. The Hall–Kier alpha value is -3.12. The summed E-state index contributed by atoms with van der Waals surface area (Å²) in [7, 11) is 3.95. The number of benzene rings is 2. The minimum atomic E-state index is -0.594. The molecule has 1 unspecified atom stereocenters. The topological polar surface area (TPSA) is 70.1 Å². The van der Waals surface area contributed by atoms with Crippen molar-refractivity contribution >= 4 is 11.7 Å². The fourth-order valence-corrected chi connectivity index (χ4v) is 4.02. The van der Waals surface area contributed by atoms with Crippen LogP contribution in [0.15, 0.2) is 65.9 Å². The molecule has 0 aromatic heterocycles. The smallest absolute Gasteiger partial charge is 0.290 e. The van der Waals surface area contributed by atoms with Crippen molar-refractivity contribution in [2.45, 2.75) is 32.2 Å². The van der Waals surface area contributed by atoms with Crippen LogP contribution in [0.1, 0.15) is 36.9 Å². The van der Waals surface area contributed by atoms with E-state index in [1.807, 2.05) is 80.5 Å². The molecule has 0 saturated carbocycles. The minimum absolute atomic E-state index is 0.194. The molecule has 2 aromatic carbocycles. The third-order valence-corrected chi connectivity index (χ3v) is 5.60. The second-order valence-corrected chi connectivity index (χ2v) is 8.23. The number of ketones is 1. The Balaban J connectivity index is 1.86. The Bertz CT molecular complexity index is 952. The molecule has 1 atom stereocenters. The van der Waals surface area contributed by atoms with Crippen LogP contribution < -0.4 is 4.74 Å². The van der Waals surface area contributed by atoms with Crippen LogP contribution in [0.25, 0.3) is 0 Å². The number of hydrogen-bond donors (Lipinski definition) is 1. The van der Waals surface area contributed by atoms with E-state index in [0.717, 1.165) is 29.8 Å². The van der Waals surface area contributed by atoms with Crippen LogP contribution >= 0.6 is 0 Å². The molecule has 0 spiro atoms. The molecule has 1 heterocycles. The van der Waals surface area contributed by atoms with E-state index in [4.69, 9.17) is 4.74 Å². The van der Waals surface area contributed by atoms with Gasteiger partial charge >= 0.3 is 0 Å². The molecule has 0 radical (unpaired) electrons. The maximum atomic E-state index is 13.2. The molecule has 0 saturated heterocycles. The van der Waals surface area contributed by atoms with E-state index in [1.165, 1.54) is 0 Å². The quantitative estimate of drug-likeness (QED) is 0.578. The first-order valence-corrected chi connectivity index (χ1v) is 11.1. The first-order chi connectivity index (χ1) is 15.4. The number of rotatable bonds is 11. The summed E-state index contributed by atoms with van der Waals surface area (Å²) in [6.45, 7) is 3.73. The van der Waals surface area contributed by atoms with Crippen molar-refractivity contribution in [1.29, 1.82) is 0 Å². The highest BCUT2D eigenvalue weighted by molar-refractivity contribution is 6.09. The summed E-state index contributed by atoms with van der Waals surface area (Å²) in [5.41, 5.74) is 2.03. The number of aliphatic hydroxyl groups is 1. The van der Waals surface area contributed by atoms with Gasteiger partial charge in [0.2, 0.25) is 0 Å². The monoisotopic (exact) mass is 436 g/mol. The summed E-state index contributed by atoms with van der Waals surface area (Å²) < 4.78 is 5.53. The molecule has 0 fully saturated rings. The van der Waals surface area contributed by atoms with Gasteiger partial charge < -0.3 is 19.6 Å². The molecule has 0 bridgehead atoms. The van der Waals surface area contributed by atoms with Crippen molar-refractivity contribution in [3.05, 3.63) is 77.1 Å². The molecule has 3 rings (SSSR count). The van der Waals surface area contributed by atoms with Gasteiger partial charge in [-0.3, -0.25) is 9.59 Å². The molecule has 6 nitrogen and oxygen atoms in total. The first-order valence-electron chi connectivity index (χ1n) is 11.1. The third-order valence-electron chi connectivity index (χ3n) is 5.60. The van der Waals surface area contributed by atoms with Gasteiger partial charge in [0.05, 0.1) is 18.2 Å². The summed E-state index contributed by atoms with van der Waals surface area (Å²) in [4.78, 5) is 29.8. The van der Waals surface area contributed by atoms with Crippen molar-refractivity contribution in [3.63, 3.8) is 0 Å². The highest BCUT2D eigenvalue weighted by Gasteiger charge is 2.42. The number of aryl methyl sites for hydroxylation is 1. The van der Waals surface area contributed by atoms with Crippen LogP contribution in [0.3, 0.4) is 0 Å². The first kappa shape index (κ1) is 23.5. The molecule has 1 aliphatic rings. The number of carbonyl (C=O) groups excluding carboxylic acids is 2. The average Bonchev–Trinajstić information content (AvgIpc) is 3.04. The van der Waals surface area contributed by atoms with Gasteiger partial charge in [-0.25, -0.2) is 0 Å². The lowest BCUT2D eigenvalue weighted by atomic mass is 9.93. The van der Waals surface area contributed by atoms with Crippen molar-refractivity contribution in [2.24, 2.45) is 0 Å². The van der Waals surface area contributed by atoms with Crippen LogP contribution in [-0.2, 0) is 16.0 Å². The Kier molecular flexibility index (Phi) is 8.06. The molecular formula is C26H32N2O4. The van der Waals surface area contributed by atoms with Gasteiger partial charge in [-0.05, 0) is 63.7 Å². The summed E-state index contributed by atoms with van der Waals surface area (Å²) in [5.74, 6) is -0.379. The minimum Gasteiger partial charge on any atom is -0.503 e. The number of hydrogen-bond acceptors (Lipinski definition) is 5. The summed E-state index contributed by atoms with van der Waals surface area (Å²) in [5, 5.41) is 10.7. The zero-order valence-corrected chi connectivity index (χ0v) is 19.1. The lowest BCUT2D eigenvalue weighted by molar-refractivity contribution is -0.129. The van der Waals surface area contributed by atoms with E-state index < -0.39 is 17.7 Å². The van der Waals surface area contributed by atoms with Crippen LogP contribution in [0.2, 0.25) is 0 Å². The van der Waals surface area contributed by atoms with E-state index in [1.54, 1.807) is 4.90 Å². The number of amides is 1. The van der Waals surface area contributed by atoms with Gasteiger partial charge in [0, 0.05) is 13.0 Å². The van der Waals surface area contributed by atoms with Crippen molar-refractivity contribution in [1.82, 2.24) is 9.80 Å². The SMILES string of the molecule is CCOc1ccc(C2C(C(=O)CCc3ccccc3)=C(O)C(=O)N2CCCN(C)C)cc1. The van der Waals surface area contributed by atoms with Gasteiger partial charge in [0.1, 0.15) is 5.75 Å². The maximum absolute atomic E-state index is 13.2. The zero-order chi connectivity index (χ0) is 23.1. The van der Waals surface area contributed by atoms with Gasteiger partial charge in [-0.15, -0.1) is 0 Å². The molecule has 6 heteroatoms. The molecular weight excluding hydrogens is 404 g/mol. The number of nitrogens with zero attached hydrogens (tertiary/aromatic N) is 2. The predicted molar refractivity (Wildman–Crippen MR) is 125 cm³/mol. The van der Waals surface area contributed by atoms with Gasteiger partial charge in [0.25, 0.3) is 5.91 Å². The summed E-state index contributed by atoms with van der Waals surface area (Å²) >= 11 is 0. The van der Waals surface area contributed by atoms with E-state index in [9.17, 15) is 14.7 Å². The van der Waals surface area contributed by atoms with E-state index in [0.29, 0.717) is 19.6 Å². The Morgan fingerprint density at radius 1 is 1.09 bits per heavy atom. The van der Waals surface area contributed by atoms with Crippen LogP contribution in [0.5, 0.6) is 5.75 Å². The number of ether oxygens (including phenoxy) is 1. The summed E-state index contributed by atoms with van der Waals surface area (Å²) in [6.07, 6.45) is 1.53. The Morgan fingerprint density at radius 2 is 1.78 bits per heavy atom. The summed E-state index contributed by atoms with van der Waals surface area (Å²) in [6, 6.07) is 16.6. The van der Waals surface area contributed by atoms with E-state index in [-0.39, 0.29) is 17.8 Å². The fraction of sp³-hybridized carbons (Fsp3) is 0.385. The number of carbonyl (C=O) groups is 2. The fourth-order valence-electron chi connectivity index (χ4n) is 4.02. The zero-order valence-electron chi connectivity index (χ0n) is 19.1. The number of aliphatic hydroxyl groups excluding tert-OH is 1. The molecule has 1 amide bonds. The standard InChI is InChI=1S/C26H32N2O4/c1-4-32-21-14-12-20(13-15-21)24-23(22(29)16-11-19-9-6-5-7-10-19)25(30)26(31)28(24)18-8-17-27(2)3/h5-7,9-10,12-15,24,30H,4,8,11,16-18H2,1-3H3. The lowest BCUT2D eigenvalue weighted by Gasteiger charge is -2.27. The maximum Gasteiger partial charge on any atom is 0.290 e. The van der Waals surface area contributed by atoms with E-state index in [2.05, 4.69) is 0 Å². The number of Topliss-reactive ketones (excluding diaryl/α,β-unsaturated/α-hetero) is 1. The van der Waals surface area contributed by atoms with Crippen molar-refractivity contribution in [2.75, 3.05) is 33.8 Å². The van der Waals surface area contributed by atoms with Crippen LogP contribution in [-0.4, -0.2) is 60.4 Å². The highest BCUT2D eigenvalue weighted by Crippen LogP contribution is 2.39. The molecule has 1 N–H and O–H groups in total. The Labute approximate surface area is 190 Å². The van der Waals surface area contributed by atoms with Gasteiger partial charge in [-0.1, -0.05) is 42.5 Å². The van der Waals surface area contributed by atoms with Crippen molar-refractivity contribution < 1.29 is 19.4 Å². The molecule has 1 aliphatic heterocycles. The van der Waals surface area contributed by atoms with E-state index >= 15 is 0 Å². The molecule has 0 aliphatic carbocycles. The lowest BCUT2D eigenvalue weighted by Crippen LogP contribution is -2.33. The van der Waals surface area contributed by atoms with Crippen LogP contribution in [0, 0.1) is 0 Å². The average molecular weight is 437 g/mol.